The molecule has 0 spiro atoms. The quantitative estimate of drug-likeness (QED) is 0.676. The maximum absolute atomic E-state index is 12.2. The lowest BCUT2D eigenvalue weighted by Gasteiger charge is -2.33. The van der Waals surface area contributed by atoms with Crippen molar-refractivity contribution in [1.29, 1.82) is 0 Å². The van der Waals surface area contributed by atoms with E-state index in [0.29, 0.717) is 18.9 Å². The minimum atomic E-state index is -0.749. The van der Waals surface area contributed by atoms with Crippen molar-refractivity contribution in [1.82, 2.24) is 10.2 Å². The zero-order chi connectivity index (χ0) is 15.7. The molecule has 1 saturated heterocycles. The summed E-state index contributed by atoms with van der Waals surface area (Å²) in [6, 6.07) is 0.225. The van der Waals surface area contributed by atoms with Crippen LogP contribution >= 0.6 is 0 Å². The van der Waals surface area contributed by atoms with E-state index in [9.17, 15) is 9.59 Å². The summed E-state index contributed by atoms with van der Waals surface area (Å²) in [5, 5.41) is 11.8. The number of hydrogen-bond acceptors (Lipinski definition) is 2. The van der Waals surface area contributed by atoms with E-state index in [1.54, 1.807) is 0 Å². The van der Waals surface area contributed by atoms with Crippen molar-refractivity contribution >= 4 is 12.0 Å². The number of unbranched alkanes of at least 4 members (excludes halogenated alkanes) is 2. The average molecular weight is 298 g/mol. The Morgan fingerprint density at radius 3 is 2.81 bits per heavy atom. The van der Waals surface area contributed by atoms with Crippen LogP contribution < -0.4 is 5.32 Å². The lowest BCUT2D eigenvalue weighted by molar-refractivity contribution is -0.137. The van der Waals surface area contributed by atoms with Gasteiger partial charge in [0, 0.05) is 25.6 Å². The van der Waals surface area contributed by atoms with E-state index in [1.165, 1.54) is 12.8 Å². The summed E-state index contributed by atoms with van der Waals surface area (Å²) in [7, 11) is 0. The second-order valence-electron chi connectivity index (χ2n) is 6.23. The van der Waals surface area contributed by atoms with Crippen molar-refractivity contribution in [3.8, 4) is 0 Å². The van der Waals surface area contributed by atoms with E-state index in [1.807, 2.05) is 4.90 Å². The first-order valence-electron chi connectivity index (χ1n) is 8.30. The number of aliphatic carboxylic acids is 1. The Balaban J connectivity index is 2.30. The van der Waals surface area contributed by atoms with Crippen LogP contribution in [0.4, 0.5) is 4.79 Å². The molecule has 2 amide bonds. The Hall–Kier alpha value is -1.26. The van der Waals surface area contributed by atoms with Gasteiger partial charge in [-0.25, -0.2) is 4.79 Å². The smallest absolute Gasteiger partial charge is 0.317 e. The zero-order valence-electron chi connectivity index (χ0n) is 13.4. The van der Waals surface area contributed by atoms with Gasteiger partial charge in [0.1, 0.15) is 0 Å². The van der Waals surface area contributed by atoms with Gasteiger partial charge in [-0.05, 0) is 38.5 Å². The molecule has 0 bridgehead atoms. The van der Waals surface area contributed by atoms with E-state index in [-0.39, 0.29) is 18.5 Å². The first-order valence-corrected chi connectivity index (χ1v) is 8.30. The molecule has 2 atom stereocenters. The third kappa shape index (κ3) is 7.34. The van der Waals surface area contributed by atoms with Gasteiger partial charge in [0.2, 0.25) is 0 Å². The molecular formula is C16H30N2O3. The van der Waals surface area contributed by atoms with Crippen LogP contribution in [0.1, 0.15) is 65.2 Å². The number of nitrogens with one attached hydrogen (secondary N) is 1. The van der Waals surface area contributed by atoms with Crippen LogP contribution in [0.15, 0.2) is 0 Å². The molecular weight excluding hydrogens is 268 g/mol. The van der Waals surface area contributed by atoms with E-state index < -0.39 is 5.97 Å². The second-order valence-corrected chi connectivity index (χ2v) is 6.23. The van der Waals surface area contributed by atoms with Crippen LogP contribution in [0.3, 0.4) is 0 Å². The maximum atomic E-state index is 12.2. The lowest BCUT2D eigenvalue weighted by Crippen LogP contribution is -2.48. The highest BCUT2D eigenvalue weighted by molar-refractivity contribution is 5.74. The third-order valence-electron chi connectivity index (χ3n) is 4.18. The minimum Gasteiger partial charge on any atom is -0.481 e. The number of piperidine rings is 1. The Labute approximate surface area is 128 Å². The van der Waals surface area contributed by atoms with Crippen LogP contribution in [-0.4, -0.2) is 41.1 Å². The highest BCUT2D eigenvalue weighted by Crippen LogP contribution is 2.21. The fourth-order valence-corrected chi connectivity index (χ4v) is 2.89. The van der Waals surface area contributed by atoms with Gasteiger partial charge in [0.25, 0.3) is 0 Å². The number of carbonyl (C=O) groups is 2. The molecule has 1 fully saturated rings. The number of carboxylic acids is 1. The highest BCUT2D eigenvalue weighted by Gasteiger charge is 2.24. The van der Waals surface area contributed by atoms with Gasteiger partial charge < -0.3 is 15.3 Å². The molecule has 2 N–H and O–H groups in total. The SMILES string of the molecule is CCCCCC(C)NC(=O)N1CCCC(CCC(=O)O)C1. The van der Waals surface area contributed by atoms with E-state index in [2.05, 4.69) is 19.2 Å². The largest absolute Gasteiger partial charge is 0.481 e. The molecule has 1 heterocycles. The number of hydrogen-bond donors (Lipinski definition) is 2. The van der Waals surface area contributed by atoms with Gasteiger partial charge >= 0.3 is 12.0 Å². The summed E-state index contributed by atoms with van der Waals surface area (Å²) >= 11 is 0. The van der Waals surface area contributed by atoms with Gasteiger partial charge in [0.05, 0.1) is 0 Å². The summed E-state index contributed by atoms with van der Waals surface area (Å²) in [6.45, 7) is 5.71. The highest BCUT2D eigenvalue weighted by atomic mass is 16.4. The van der Waals surface area contributed by atoms with Gasteiger partial charge in [-0.2, -0.15) is 0 Å². The van der Waals surface area contributed by atoms with E-state index >= 15 is 0 Å². The predicted molar refractivity (Wildman–Crippen MR) is 83.3 cm³/mol. The summed E-state index contributed by atoms with van der Waals surface area (Å²) in [6.07, 6.45) is 7.46. The minimum absolute atomic E-state index is 0.0130. The van der Waals surface area contributed by atoms with E-state index in [0.717, 1.165) is 32.2 Å². The molecule has 21 heavy (non-hydrogen) atoms. The summed E-state index contributed by atoms with van der Waals surface area (Å²) in [5.41, 5.74) is 0. The fourth-order valence-electron chi connectivity index (χ4n) is 2.89. The van der Waals surface area contributed by atoms with Gasteiger partial charge in [-0.3, -0.25) is 4.79 Å². The van der Waals surface area contributed by atoms with Crippen molar-refractivity contribution in [3.63, 3.8) is 0 Å². The van der Waals surface area contributed by atoms with Crippen LogP contribution in [-0.2, 0) is 4.79 Å². The maximum Gasteiger partial charge on any atom is 0.317 e. The predicted octanol–water partition coefficient (Wildman–Crippen LogP) is 3.24. The number of carboxylic acid groups (broad SMARTS) is 1. The molecule has 5 heteroatoms. The average Bonchev–Trinajstić information content (AvgIpc) is 2.45. The standard InChI is InChI=1S/C16H30N2O3/c1-3-4-5-7-13(2)17-16(21)18-11-6-8-14(12-18)9-10-15(19)20/h13-14H,3-12H2,1-2H3,(H,17,21)(H,19,20). The molecule has 1 aliphatic heterocycles. The van der Waals surface area contributed by atoms with Crippen molar-refractivity contribution in [2.24, 2.45) is 5.92 Å². The van der Waals surface area contributed by atoms with Crippen molar-refractivity contribution in [2.75, 3.05) is 13.1 Å². The molecule has 0 saturated carbocycles. The van der Waals surface area contributed by atoms with Crippen molar-refractivity contribution in [3.05, 3.63) is 0 Å². The second kappa shape index (κ2) is 9.64. The normalized spacial score (nSPS) is 20.1. The number of likely N-dealkylation sites (tertiary alicyclic amines) is 1. The number of urea groups is 1. The monoisotopic (exact) mass is 298 g/mol. The first kappa shape index (κ1) is 17.8. The van der Waals surface area contributed by atoms with Gasteiger partial charge in [0.15, 0.2) is 0 Å². The number of amides is 2. The number of rotatable bonds is 8. The molecule has 0 aromatic rings. The van der Waals surface area contributed by atoms with Crippen LogP contribution in [0.25, 0.3) is 0 Å². The third-order valence-corrected chi connectivity index (χ3v) is 4.18. The Morgan fingerprint density at radius 1 is 1.38 bits per heavy atom. The zero-order valence-corrected chi connectivity index (χ0v) is 13.4. The molecule has 0 aromatic heterocycles. The molecule has 1 aliphatic rings. The topological polar surface area (TPSA) is 69.6 Å². The Bertz CT molecular complexity index is 333. The fraction of sp³-hybridized carbons (Fsp3) is 0.875. The number of carbonyl (C=O) groups excluding carboxylic acids is 1. The van der Waals surface area contributed by atoms with E-state index in [4.69, 9.17) is 5.11 Å². The summed E-state index contributed by atoms with van der Waals surface area (Å²) in [5.74, 6) is -0.419. The Kier molecular flexibility index (Phi) is 8.16. The molecule has 1 rings (SSSR count). The lowest BCUT2D eigenvalue weighted by atomic mass is 9.93. The van der Waals surface area contributed by atoms with Gasteiger partial charge in [-0.15, -0.1) is 0 Å². The molecule has 0 aliphatic carbocycles. The molecule has 0 radical (unpaired) electrons. The van der Waals surface area contributed by atoms with Gasteiger partial charge in [-0.1, -0.05) is 26.2 Å². The van der Waals surface area contributed by atoms with Crippen molar-refractivity contribution < 1.29 is 14.7 Å². The van der Waals surface area contributed by atoms with Crippen molar-refractivity contribution in [2.45, 2.75) is 71.3 Å². The Morgan fingerprint density at radius 2 is 2.14 bits per heavy atom. The van der Waals surface area contributed by atoms with Crippen LogP contribution in [0.2, 0.25) is 0 Å². The first-order chi connectivity index (χ1) is 10.0. The summed E-state index contributed by atoms with van der Waals surface area (Å²) < 4.78 is 0. The molecule has 0 aromatic carbocycles. The summed E-state index contributed by atoms with van der Waals surface area (Å²) in [4.78, 5) is 24.7. The number of nitrogens with zero attached hydrogens (tertiary/aromatic N) is 1. The molecule has 5 nitrogen and oxygen atoms in total. The van der Waals surface area contributed by atoms with Crippen LogP contribution in [0.5, 0.6) is 0 Å². The molecule has 2 unspecified atom stereocenters. The van der Waals surface area contributed by atoms with Crippen LogP contribution in [0, 0.1) is 5.92 Å². The molecule has 122 valence electrons.